The molecule has 2 heterocycles. The number of morpholine rings is 1. The highest BCUT2D eigenvalue weighted by Gasteiger charge is 2.17. The zero-order chi connectivity index (χ0) is 25.3. The maximum absolute atomic E-state index is 10.8. The molecule has 3 aromatic rings. The molecule has 1 fully saturated rings. The van der Waals surface area contributed by atoms with Gasteiger partial charge >= 0.3 is 5.97 Å². The predicted molar refractivity (Wildman–Crippen MR) is 138 cm³/mol. The molecule has 3 N–H and O–H groups in total. The van der Waals surface area contributed by atoms with Crippen molar-refractivity contribution in [2.24, 2.45) is 5.10 Å². The van der Waals surface area contributed by atoms with Gasteiger partial charge in [-0.2, -0.15) is 20.1 Å². The number of hydrogen-bond donors (Lipinski definition) is 3. The van der Waals surface area contributed by atoms with E-state index in [-0.39, 0.29) is 11.7 Å². The number of carboxylic acid groups (broad SMARTS) is 1. The predicted octanol–water partition coefficient (Wildman–Crippen LogP) is 3.13. The molecule has 0 radical (unpaired) electrons. The van der Waals surface area contributed by atoms with Gasteiger partial charge in [-0.25, -0.2) is 10.2 Å². The fraction of sp³-hybridized carbons (Fsp3) is 0.261. The molecule has 0 bridgehead atoms. The van der Waals surface area contributed by atoms with Crippen LogP contribution in [0.15, 0.2) is 52.0 Å². The number of aliphatic carboxylic acids is 1. The second kappa shape index (κ2) is 12.1. The lowest BCUT2D eigenvalue weighted by atomic mass is 10.2. The number of rotatable bonds is 10. The van der Waals surface area contributed by atoms with Crippen LogP contribution in [0.25, 0.3) is 0 Å². The maximum atomic E-state index is 10.8. The van der Waals surface area contributed by atoms with Crippen LogP contribution in [0.3, 0.4) is 0 Å². The van der Waals surface area contributed by atoms with Crippen molar-refractivity contribution < 1.29 is 24.1 Å². The molecule has 2 aromatic carbocycles. The summed E-state index contributed by atoms with van der Waals surface area (Å²) < 4.78 is 16.6. The number of benzene rings is 2. The van der Waals surface area contributed by atoms with E-state index in [1.165, 1.54) is 7.11 Å². The highest BCUT2D eigenvalue weighted by atomic mass is 79.9. The van der Waals surface area contributed by atoms with E-state index in [9.17, 15) is 4.79 Å². The largest absolute Gasteiger partial charge is 0.493 e. The van der Waals surface area contributed by atoms with Crippen LogP contribution in [0.2, 0.25) is 0 Å². The number of ether oxygens (including phenoxy) is 3. The summed E-state index contributed by atoms with van der Waals surface area (Å²) in [6.45, 7) is 2.03. The van der Waals surface area contributed by atoms with Crippen molar-refractivity contribution in [2.45, 2.75) is 0 Å². The van der Waals surface area contributed by atoms with Gasteiger partial charge in [-0.3, -0.25) is 0 Å². The van der Waals surface area contributed by atoms with Gasteiger partial charge in [0, 0.05) is 18.8 Å². The number of nitrogens with one attached hydrogen (secondary N) is 2. The van der Waals surface area contributed by atoms with Crippen molar-refractivity contribution in [1.82, 2.24) is 15.0 Å². The number of halogens is 1. The quantitative estimate of drug-likeness (QED) is 0.249. The van der Waals surface area contributed by atoms with Gasteiger partial charge in [0.15, 0.2) is 18.1 Å². The molecule has 0 saturated carbocycles. The zero-order valence-corrected chi connectivity index (χ0v) is 20.9. The summed E-state index contributed by atoms with van der Waals surface area (Å²) in [5.74, 6) is 0.696. The van der Waals surface area contributed by atoms with E-state index in [1.807, 2.05) is 35.2 Å². The normalized spacial score (nSPS) is 13.4. The highest BCUT2D eigenvalue weighted by Crippen LogP contribution is 2.36. The maximum Gasteiger partial charge on any atom is 0.341 e. The zero-order valence-electron chi connectivity index (χ0n) is 19.3. The average Bonchev–Trinajstić information content (AvgIpc) is 2.88. The van der Waals surface area contributed by atoms with Gasteiger partial charge in [-0.1, -0.05) is 18.2 Å². The van der Waals surface area contributed by atoms with Gasteiger partial charge in [0.25, 0.3) is 0 Å². The first-order chi connectivity index (χ1) is 17.5. The Labute approximate surface area is 215 Å². The first kappa shape index (κ1) is 25.1. The number of nitrogens with zero attached hydrogens (tertiary/aromatic N) is 5. The molecular formula is C23H24BrN7O5. The Morgan fingerprint density at radius 2 is 1.94 bits per heavy atom. The van der Waals surface area contributed by atoms with Crippen LogP contribution in [0, 0.1) is 0 Å². The Kier molecular flexibility index (Phi) is 8.47. The number of carboxylic acids is 1. The SMILES string of the molecule is COc1cc(C=NNc2nc(Nc3ccccc3)nc(N3CCOCC3)n2)cc(Br)c1OCC(=O)O. The second-order valence-electron chi connectivity index (χ2n) is 7.46. The minimum absolute atomic E-state index is 0.258. The Bertz CT molecular complexity index is 1220. The molecule has 1 aliphatic heterocycles. The number of hydrazone groups is 1. The van der Waals surface area contributed by atoms with Crippen molar-refractivity contribution in [2.75, 3.05) is 55.7 Å². The Balaban J connectivity index is 1.54. The summed E-state index contributed by atoms with van der Waals surface area (Å²) >= 11 is 3.38. The number of anilines is 4. The van der Waals surface area contributed by atoms with Gasteiger partial charge in [0.2, 0.25) is 17.8 Å². The lowest BCUT2D eigenvalue weighted by molar-refractivity contribution is -0.139. The third-order valence-corrected chi connectivity index (χ3v) is 5.51. The summed E-state index contributed by atoms with van der Waals surface area (Å²) in [5, 5.41) is 16.3. The van der Waals surface area contributed by atoms with E-state index in [2.05, 4.69) is 46.7 Å². The number of hydrogen-bond acceptors (Lipinski definition) is 11. The summed E-state index contributed by atoms with van der Waals surface area (Å²) in [5.41, 5.74) is 4.36. The first-order valence-electron chi connectivity index (χ1n) is 10.9. The standard InChI is InChI=1S/C23H24BrN7O5/c1-34-18-12-15(11-17(24)20(18)36-14-19(32)33)13-25-30-22-27-21(26-16-5-3-2-4-6-16)28-23(29-22)31-7-9-35-10-8-31/h2-6,11-13H,7-10,14H2,1H3,(H,32,33)(H2,26,27,28,29,30). The van der Waals surface area contributed by atoms with Crippen molar-refractivity contribution in [3.05, 3.63) is 52.5 Å². The monoisotopic (exact) mass is 557 g/mol. The molecule has 1 aliphatic rings. The molecule has 0 unspecified atom stereocenters. The number of aromatic nitrogens is 3. The molecule has 1 aromatic heterocycles. The smallest absolute Gasteiger partial charge is 0.341 e. The summed E-state index contributed by atoms with van der Waals surface area (Å²) in [4.78, 5) is 26.4. The van der Waals surface area contributed by atoms with Gasteiger partial charge < -0.3 is 29.5 Å². The van der Waals surface area contributed by atoms with E-state index in [4.69, 9.17) is 19.3 Å². The molecule has 0 spiro atoms. The lowest BCUT2D eigenvalue weighted by Crippen LogP contribution is -2.37. The summed E-state index contributed by atoms with van der Waals surface area (Å²) in [6, 6.07) is 13.0. The van der Waals surface area contributed by atoms with Gasteiger partial charge in [-0.05, 0) is 45.8 Å². The van der Waals surface area contributed by atoms with Crippen molar-refractivity contribution in [1.29, 1.82) is 0 Å². The third-order valence-electron chi connectivity index (χ3n) is 4.92. The molecule has 4 rings (SSSR count). The third kappa shape index (κ3) is 6.79. The van der Waals surface area contributed by atoms with Gasteiger partial charge in [0.1, 0.15) is 0 Å². The van der Waals surface area contributed by atoms with Crippen LogP contribution in [0.4, 0.5) is 23.5 Å². The van der Waals surface area contributed by atoms with Gasteiger partial charge in [0.05, 0.1) is 31.0 Å². The molecule has 12 nitrogen and oxygen atoms in total. The van der Waals surface area contributed by atoms with Crippen LogP contribution in [0.5, 0.6) is 11.5 Å². The van der Waals surface area contributed by atoms with E-state index >= 15 is 0 Å². The summed E-state index contributed by atoms with van der Waals surface area (Å²) in [7, 11) is 1.47. The van der Waals surface area contributed by atoms with Crippen molar-refractivity contribution in [3.8, 4) is 11.5 Å². The van der Waals surface area contributed by atoms with Crippen molar-refractivity contribution in [3.63, 3.8) is 0 Å². The fourth-order valence-electron chi connectivity index (χ4n) is 3.28. The Morgan fingerprint density at radius 1 is 1.19 bits per heavy atom. The minimum atomic E-state index is -1.09. The number of methoxy groups -OCH3 is 1. The molecular weight excluding hydrogens is 534 g/mol. The minimum Gasteiger partial charge on any atom is -0.493 e. The molecule has 1 saturated heterocycles. The molecule has 188 valence electrons. The first-order valence-corrected chi connectivity index (χ1v) is 11.7. The van der Waals surface area contributed by atoms with E-state index < -0.39 is 12.6 Å². The second-order valence-corrected chi connectivity index (χ2v) is 8.31. The molecule has 0 amide bonds. The van der Waals surface area contributed by atoms with Crippen LogP contribution >= 0.6 is 15.9 Å². The molecule has 0 aliphatic carbocycles. The summed E-state index contributed by atoms with van der Waals surface area (Å²) in [6.07, 6.45) is 1.55. The van der Waals surface area contributed by atoms with Crippen LogP contribution < -0.4 is 25.1 Å². The van der Waals surface area contributed by atoms with Crippen molar-refractivity contribution >= 4 is 51.6 Å². The Morgan fingerprint density at radius 3 is 2.67 bits per heavy atom. The van der Waals surface area contributed by atoms with E-state index in [0.29, 0.717) is 54.0 Å². The van der Waals surface area contributed by atoms with E-state index in [1.54, 1.807) is 18.3 Å². The molecule has 36 heavy (non-hydrogen) atoms. The Hall–Kier alpha value is -3.97. The van der Waals surface area contributed by atoms with Gasteiger partial charge in [-0.15, -0.1) is 0 Å². The van der Waals surface area contributed by atoms with Crippen LogP contribution in [0.1, 0.15) is 5.56 Å². The highest BCUT2D eigenvalue weighted by molar-refractivity contribution is 9.10. The van der Waals surface area contributed by atoms with Crippen LogP contribution in [-0.4, -0.2) is 72.3 Å². The number of para-hydroxylation sites is 1. The topological polar surface area (TPSA) is 143 Å². The average molecular weight is 558 g/mol. The lowest BCUT2D eigenvalue weighted by Gasteiger charge is -2.27. The molecule has 13 heteroatoms. The van der Waals surface area contributed by atoms with E-state index in [0.717, 1.165) is 5.69 Å². The van der Waals surface area contributed by atoms with Crippen LogP contribution in [-0.2, 0) is 9.53 Å². The fourth-order valence-corrected chi connectivity index (χ4v) is 3.85. The number of carbonyl (C=O) groups is 1. The molecule has 0 atom stereocenters.